The van der Waals surface area contributed by atoms with E-state index < -0.39 is 0 Å². The summed E-state index contributed by atoms with van der Waals surface area (Å²) in [6.07, 6.45) is 3.60. The Bertz CT molecular complexity index is 539. The Morgan fingerprint density at radius 2 is 1.84 bits per heavy atom. The standard InChI is InChI=1S/C20H30N2O3/c1-17(23)21(14-15-25-2)13-10-20(24)22-11-8-19(9-12-22)16-18-6-4-3-5-7-18/h3-7,19H,8-16H2,1-2H3. The van der Waals surface area contributed by atoms with Crippen molar-refractivity contribution in [3.63, 3.8) is 0 Å². The van der Waals surface area contributed by atoms with Gasteiger partial charge in [-0.2, -0.15) is 0 Å². The summed E-state index contributed by atoms with van der Waals surface area (Å²) in [6, 6.07) is 10.6. The van der Waals surface area contributed by atoms with Gasteiger partial charge in [-0.15, -0.1) is 0 Å². The summed E-state index contributed by atoms with van der Waals surface area (Å²) in [5.74, 6) is 0.801. The van der Waals surface area contributed by atoms with Crippen LogP contribution >= 0.6 is 0 Å². The second-order valence-corrected chi connectivity index (χ2v) is 6.76. The summed E-state index contributed by atoms with van der Waals surface area (Å²) >= 11 is 0. The molecule has 1 aromatic carbocycles. The molecule has 0 atom stereocenters. The van der Waals surface area contributed by atoms with Gasteiger partial charge in [0.25, 0.3) is 0 Å². The maximum atomic E-state index is 12.4. The first-order chi connectivity index (χ1) is 12.1. The molecule has 138 valence electrons. The zero-order chi connectivity index (χ0) is 18.1. The van der Waals surface area contributed by atoms with E-state index in [2.05, 4.69) is 24.3 Å². The first-order valence-corrected chi connectivity index (χ1v) is 9.16. The number of ether oxygens (including phenoxy) is 1. The molecule has 0 unspecified atom stereocenters. The van der Waals surface area contributed by atoms with Gasteiger partial charge in [-0.3, -0.25) is 9.59 Å². The Hall–Kier alpha value is -1.88. The molecule has 1 aromatic rings. The van der Waals surface area contributed by atoms with E-state index in [1.54, 1.807) is 12.0 Å². The van der Waals surface area contributed by atoms with Crippen LogP contribution in [0.3, 0.4) is 0 Å². The van der Waals surface area contributed by atoms with Crippen molar-refractivity contribution in [3.8, 4) is 0 Å². The average molecular weight is 346 g/mol. The van der Waals surface area contributed by atoms with E-state index in [-0.39, 0.29) is 11.8 Å². The topological polar surface area (TPSA) is 49.9 Å². The number of carbonyl (C=O) groups is 2. The Morgan fingerprint density at radius 3 is 2.44 bits per heavy atom. The zero-order valence-corrected chi connectivity index (χ0v) is 15.4. The third-order valence-electron chi connectivity index (χ3n) is 4.94. The van der Waals surface area contributed by atoms with Crippen LogP contribution in [0.15, 0.2) is 30.3 Å². The molecule has 0 saturated carbocycles. The average Bonchev–Trinajstić information content (AvgIpc) is 2.62. The number of piperidine rings is 1. The van der Waals surface area contributed by atoms with Gasteiger partial charge in [0, 0.05) is 46.6 Å². The van der Waals surface area contributed by atoms with Gasteiger partial charge in [0.2, 0.25) is 11.8 Å². The summed E-state index contributed by atoms with van der Waals surface area (Å²) in [6.45, 7) is 4.70. The van der Waals surface area contributed by atoms with E-state index in [1.807, 2.05) is 11.0 Å². The lowest BCUT2D eigenvalue weighted by atomic mass is 9.90. The normalized spacial score (nSPS) is 15.2. The summed E-state index contributed by atoms with van der Waals surface area (Å²) < 4.78 is 5.02. The number of nitrogens with zero attached hydrogens (tertiary/aromatic N) is 2. The smallest absolute Gasteiger partial charge is 0.224 e. The molecule has 1 heterocycles. The molecule has 0 N–H and O–H groups in total. The predicted molar refractivity (Wildman–Crippen MR) is 98.2 cm³/mol. The van der Waals surface area contributed by atoms with Crippen molar-refractivity contribution >= 4 is 11.8 Å². The highest BCUT2D eigenvalue weighted by atomic mass is 16.5. The Kier molecular flexibility index (Phi) is 7.92. The van der Waals surface area contributed by atoms with Crippen LogP contribution in [-0.2, 0) is 20.7 Å². The first-order valence-electron chi connectivity index (χ1n) is 9.16. The zero-order valence-electron chi connectivity index (χ0n) is 15.4. The molecule has 0 radical (unpaired) electrons. The number of amides is 2. The lowest BCUT2D eigenvalue weighted by Crippen LogP contribution is -2.41. The van der Waals surface area contributed by atoms with Gasteiger partial charge in [-0.05, 0) is 30.7 Å². The Balaban J connectivity index is 1.72. The van der Waals surface area contributed by atoms with E-state index in [0.717, 1.165) is 32.4 Å². The Morgan fingerprint density at radius 1 is 1.16 bits per heavy atom. The van der Waals surface area contributed by atoms with Crippen LogP contribution < -0.4 is 0 Å². The van der Waals surface area contributed by atoms with Gasteiger partial charge in [0.05, 0.1) is 6.61 Å². The number of carbonyl (C=O) groups excluding carboxylic acids is 2. The summed E-state index contributed by atoms with van der Waals surface area (Å²) in [7, 11) is 1.61. The van der Waals surface area contributed by atoms with Gasteiger partial charge in [-0.25, -0.2) is 0 Å². The Labute approximate surface area is 150 Å². The van der Waals surface area contributed by atoms with Crippen LogP contribution in [0.1, 0.15) is 31.7 Å². The lowest BCUT2D eigenvalue weighted by Gasteiger charge is -2.32. The van der Waals surface area contributed by atoms with Crippen LogP contribution in [0.2, 0.25) is 0 Å². The molecule has 0 spiro atoms. The highest BCUT2D eigenvalue weighted by Crippen LogP contribution is 2.22. The van der Waals surface area contributed by atoms with Crippen molar-refractivity contribution < 1.29 is 14.3 Å². The first kappa shape index (κ1) is 19.4. The molecule has 5 nitrogen and oxygen atoms in total. The molecule has 0 aliphatic carbocycles. The molecule has 2 rings (SSSR count). The van der Waals surface area contributed by atoms with E-state index in [1.165, 1.54) is 12.5 Å². The van der Waals surface area contributed by atoms with E-state index in [4.69, 9.17) is 4.74 Å². The van der Waals surface area contributed by atoms with E-state index >= 15 is 0 Å². The maximum absolute atomic E-state index is 12.4. The lowest BCUT2D eigenvalue weighted by molar-refractivity contribution is -0.134. The van der Waals surface area contributed by atoms with Crippen LogP contribution in [-0.4, -0.2) is 61.5 Å². The van der Waals surface area contributed by atoms with Crippen molar-refractivity contribution in [1.82, 2.24) is 9.80 Å². The van der Waals surface area contributed by atoms with Crippen LogP contribution in [0, 0.1) is 5.92 Å². The summed E-state index contributed by atoms with van der Waals surface area (Å²) in [4.78, 5) is 27.7. The predicted octanol–water partition coefficient (Wildman–Crippen LogP) is 2.35. The number of hydrogen-bond donors (Lipinski definition) is 0. The third-order valence-corrected chi connectivity index (χ3v) is 4.94. The molecule has 1 saturated heterocycles. The van der Waals surface area contributed by atoms with Gasteiger partial charge < -0.3 is 14.5 Å². The van der Waals surface area contributed by atoms with E-state index in [9.17, 15) is 9.59 Å². The van der Waals surface area contributed by atoms with Crippen LogP contribution in [0.25, 0.3) is 0 Å². The van der Waals surface area contributed by atoms with Crippen molar-refractivity contribution in [2.45, 2.75) is 32.6 Å². The monoisotopic (exact) mass is 346 g/mol. The largest absolute Gasteiger partial charge is 0.383 e. The molecule has 1 aliphatic rings. The van der Waals surface area contributed by atoms with Crippen LogP contribution in [0.5, 0.6) is 0 Å². The molecule has 25 heavy (non-hydrogen) atoms. The SMILES string of the molecule is COCCN(CCC(=O)N1CCC(Cc2ccccc2)CC1)C(C)=O. The minimum absolute atomic E-state index is 0.00795. The number of methoxy groups -OCH3 is 1. The summed E-state index contributed by atoms with van der Waals surface area (Å²) in [5.41, 5.74) is 1.38. The molecule has 1 fully saturated rings. The van der Waals surface area contributed by atoms with Crippen molar-refractivity contribution in [3.05, 3.63) is 35.9 Å². The highest BCUT2D eigenvalue weighted by molar-refractivity contribution is 5.78. The van der Waals surface area contributed by atoms with E-state index in [0.29, 0.717) is 32.0 Å². The fraction of sp³-hybridized carbons (Fsp3) is 0.600. The molecule has 0 bridgehead atoms. The highest BCUT2D eigenvalue weighted by Gasteiger charge is 2.23. The van der Waals surface area contributed by atoms with Gasteiger partial charge in [0.15, 0.2) is 0 Å². The van der Waals surface area contributed by atoms with Crippen molar-refractivity contribution in [2.75, 3.05) is 39.9 Å². The fourth-order valence-electron chi connectivity index (χ4n) is 3.35. The molecule has 0 aromatic heterocycles. The second kappa shape index (κ2) is 10.2. The van der Waals surface area contributed by atoms with Crippen LogP contribution in [0.4, 0.5) is 0 Å². The van der Waals surface area contributed by atoms with Crippen molar-refractivity contribution in [2.24, 2.45) is 5.92 Å². The number of benzene rings is 1. The quantitative estimate of drug-likeness (QED) is 0.726. The second-order valence-electron chi connectivity index (χ2n) is 6.76. The van der Waals surface area contributed by atoms with Gasteiger partial charge in [0.1, 0.15) is 0 Å². The third kappa shape index (κ3) is 6.50. The number of rotatable bonds is 8. The minimum Gasteiger partial charge on any atom is -0.383 e. The van der Waals surface area contributed by atoms with Gasteiger partial charge >= 0.3 is 0 Å². The fourth-order valence-corrected chi connectivity index (χ4v) is 3.35. The molecule has 2 amide bonds. The maximum Gasteiger partial charge on any atom is 0.224 e. The molecule has 5 heteroatoms. The molecular formula is C20H30N2O3. The van der Waals surface area contributed by atoms with Crippen molar-refractivity contribution in [1.29, 1.82) is 0 Å². The number of hydrogen-bond acceptors (Lipinski definition) is 3. The number of likely N-dealkylation sites (tertiary alicyclic amines) is 1. The van der Waals surface area contributed by atoms with Gasteiger partial charge in [-0.1, -0.05) is 30.3 Å². The molecular weight excluding hydrogens is 316 g/mol. The molecule has 1 aliphatic heterocycles. The summed E-state index contributed by atoms with van der Waals surface area (Å²) in [5, 5.41) is 0. The minimum atomic E-state index is -0.00795.